The number of aromatic nitrogens is 1. The van der Waals surface area contributed by atoms with Crippen molar-refractivity contribution in [1.82, 2.24) is 4.98 Å². The largest absolute Gasteiger partial charge is 0.476 e. The summed E-state index contributed by atoms with van der Waals surface area (Å²) >= 11 is 2.92. The van der Waals surface area contributed by atoms with E-state index in [-0.39, 0.29) is 5.01 Å². The first-order valence-corrected chi connectivity index (χ1v) is 6.55. The molecule has 0 aliphatic rings. The van der Waals surface area contributed by atoms with Gasteiger partial charge in [-0.05, 0) is 13.0 Å². The van der Waals surface area contributed by atoms with Gasteiger partial charge in [-0.1, -0.05) is 6.92 Å². The van der Waals surface area contributed by atoms with Gasteiger partial charge in [-0.15, -0.1) is 11.3 Å². The Morgan fingerprint density at radius 3 is 3.07 bits per heavy atom. The molecule has 0 aliphatic carbocycles. The van der Waals surface area contributed by atoms with E-state index >= 15 is 0 Å². The summed E-state index contributed by atoms with van der Waals surface area (Å²) < 4.78 is 0. The van der Waals surface area contributed by atoms with E-state index < -0.39 is 5.97 Å². The molecule has 6 heteroatoms. The van der Waals surface area contributed by atoms with Gasteiger partial charge in [0.15, 0.2) is 0 Å². The minimum atomic E-state index is -0.953. The molecule has 1 unspecified atom stereocenters. The van der Waals surface area contributed by atoms with Crippen molar-refractivity contribution in [2.24, 2.45) is 5.73 Å². The highest BCUT2D eigenvalue weighted by Crippen LogP contribution is 2.20. The topological polar surface area (TPSA) is 76.2 Å². The number of carbonyl (C=O) groups is 1. The van der Waals surface area contributed by atoms with E-state index in [0.29, 0.717) is 11.8 Å². The molecule has 0 aromatic carbocycles. The second-order valence-electron chi connectivity index (χ2n) is 3.15. The van der Waals surface area contributed by atoms with Gasteiger partial charge in [-0.2, -0.15) is 11.8 Å². The summed E-state index contributed by atoms with van der Waals surface area (Å²) in [6, 6.07) is 0. The lowest BCUT2D eigenvalue weighted by Crippen LogP contribution is -2.07. The smallest absolute Gasteiger partial charge is 0.365 e. The number of thiazole rings is 1. The molecule has 0 fully saturated rings. The number of carboxylic acids is 1. The molecule has 1 rings (SSSR count). The summed E-state index contributed by atoms with van der Waals surface area (Å²) in [5.74, 6) is -0.198. The van der Waals surface area contributed by atoms with Crippen LogP contribution in [0.1, 0.15) is 28.8 Å². The van der Waals surface area contributed by atoms with Crippen LogP contribution in [0.3, 0.4) is 0 Å². The predicted octanol–water partition coefficient (Wildman–Crippen LogP) is 1.81. The second kappa shape index (κ2) is 6.09. The Labute approximate surface area is 96.9 Å². The van der Waals surface area contributed by atoms with Gasteiger partial charge in [0, 0.05) is 16.4 Å². The van der Waals surface area contributed by atoms with E-state index in [1.54, 1.807) is 17.1 Å². The molecule has 4 nitrogen and oxygen atoms in total. The van der Waals surface area contributed by atoms with Crippen molar-refractivity contribution < 1.29 is 9.90 Å². The Morgan fingerprint density at radius 2 is 2.53 bits per heavy atom. The molecule has 1 aromatic heterocycles. The Balaban J connectivity index is 2.40. The van der Waals surface area contributed by atoms with Gasteiger partial charge in [-0.3, -0.25) is 0 Å². The molecule has 0 spiro atoms. The number of hydrogen-bond acceptors (Lipinski definition) is 5. The fourth-order valence-electron chi connectivity index (χ4n) is 1.02. The first kappa shape index (κ1) is 12.5. The number of rotatable bonds is 6. The zero-order chi connectivity index (χ0) is 11.3. The Morgan fingerprint density at radius 1 is 1.80 bits per heavy atom. The summed E-state index contributed by atoms with van der Waals surface area (Å²) in [5.41, 5.74) is 6.28. The lowest BCUT2D eigenvalue weighted by atomic mass is 10.3. The molecule has 1 heterocycles. The van der Waals surface area contributed by atoms with Gasteiger partial charge < -0.3 is 10.8 Å². The van der Waals surface area contributed by atoms with Gasteiger partial charge in [0.05, 0.1) is 5.69 Å². The third-order valence-corrected chi connectivity index (χ3v) is 3.97. The molecule has 0 bridgehead atoms. The standard InChI is InChI=1S/C9H14N2O2S2/c1-6(2-3-10)14-4-7-5-15-8(11-7)9(12)13/h5-6H,2-4,10H2,1H3,(H,12,13). The van der Waals surface area contributed by atoms with Gasteiger partial charge in [0.1, 0.15) is 0 Å². The first-order chi connectivity index (χ1) is 7.13. The molecule has 0 aliphatic heterocycles. The average Bonchev–Trinajstić information content (AvgIpc) is 2.63. The van der Waals surface area contributed by atoms with Crippen LogP contribution < -0.4 is 5.73 Å². The molecular weight excluding hydrogens is 232 g/mol. The number of hydrogen-bond donors (Lipinski definition) is 2. The zero-order valence-corrected chi connectivity index (χ0v) is 10.1. The number of nitrogens with two attached hydrogens (primary N) is 1. The van der Waals surface area contributed by atoms with Gasteiger partial charge in [0.25, 0.3) is 0 Å². The SMILES string of the molecule is CC(CCN)SCc1csc(C(=O)O)n1. The maximum absolute atomic E-state index is 10.6. The molecule has 84 valence electrons. The van der Waals surface area contributed by atoms with Crippen molar-refractivity contribution >= 4 is 29.1 Å². The maximum atomic E-state index is 10.6. The molecule has 0 amide bonds. The van der Waals surface area contributed by atoms with Crippen molar-refractivity contribution in [3.63, 3.8) is 0 Å². The zero-order valence-electron chi connectivity index (χ0n) is 8.47. The third-order valence-electron chi connectivity index (χ3n) is 1.82. The number of aromatic carboxylic acids is 1. The van der Waals surface area contributed by atoms with Crippen LogP contribution in [-0.2, 0) is 5.75 Å². The summed E-state index contributed by atoms with van der Waals surface area (Å²) in [5, 5.41) is 11.1. The summed E-state index contributed by atoms with van der Waals surface area (Å²) in [6.07, 6.45) is 0.973. The van der Waals surface area contributed by atoms with Crippen molar-refractivity contribution in [3.8, 4) is 0 Å². The van der Waals surface area contributed by atoms with Crippen LogP contribution in [0.2, 0.25) is 0 Å². The fourth-order valence-corrected chi connectivity index (χ4v) is 2.68. The minimum absolute atomic E-state index is 0.164. The summed E-state index contributed by atoms with van der Waals surface area (Å²) in [7, 11) is 0. The molecule has 1 aromatic rings. The van der Waals surface area contributed by atoms with Crippen LogP contribution in [0.15, 0.2) is 5.38 Å². The van der Waals surface area contributed by atoms with E-state index in [1.807, 2.05) is 0 Å². The second-order valence-corrected chi connectivity index (χ2v) is 5.43. The van der Waals surface area contributed by atoms with Gasteiger partial charge >= 0.3 is 5.97 Å². The van der Waals surface area contributed by atoms with Crippen molar-refractivity contribution in [2.45, 2.75) is 24.3 Å². The first-order valence-electron chi connectivity index (χ1n) is 4.63. The van der Waals surface area contributed by atoms with Crippen LogP contribution in [0.5, 0.6) is 0 Å². The minimum Gasteiger partial charge on any atom is -0.476 e. The molecule has 3 N–H and O–H groups in total. The fraction of sp³-hybridized carbons (Fsp3) is 0.556. The number of nitrogens with zero attached hydrogens (tertiary/aromatic N) is 1. The third kappa shape index (κ3) is 4.19. The summed E-state index contributed by atoms with van der Waals surface area (Å²) in [6.45, 7) is 2.80. The molecule has 1 atom stereocenters. The lowest BCUT2D eigenvalue weighted by molar-refractivity contribution is 0.0696. The summed E-state index contributed by atoms with van der Waals surface area (Å²) in [4.78, 5) is 14.6. The Hall–Kier alpha value is -0.590. The van der Waals surface area contributed by atoms with E-state index in [2.05, 4.69) is 11.9 Å². The monoisotopic (exact) mass is 246 g/mol. The molecule has 15 heavy (non-hydrogen) atoms. The molecule has 0 radical (unpaired) electrons. The van der Waals surface area contributed by atoms with E-state index in [1.165, 1.54) is 11.3 Å². The predicted molar refractivity (Wildman–Crippen MR) is 63.5 cm³/mol. The highest BCUT2D eigenvalue weighted by molar-refractivity contribution is 7.99. The molecule has 0 saturated carbocycles. The quantitative estimate of drug-likeness (QED) is 0.800. The maximum Gasteiger partial charge on any atom is 0.365 e. The number of thioether (sulfide) groups is 1. The van der Waals surface area contributed by atoms with Gasteiger partial charge in [-0.25, -0.2) is 9.78 Å². The molecular formula is C9H14N2O2S2. The average molecular weight is 246 g/mol. The van der Waals surface area contributed by atoms with Crippen molar-refractivity contribution in [1.29, 1.82) is 0 Å². The van der Waals surface area contributed by atoms with Crippen molar-refractivity contribution in [3.05, 3.63) is 16.1 Å². The van der Waals surface area contributed by atoms with Crippen LogP contribution in [0.4, 0.5) is 0 Å². The van der Waals surface area contributed by atoms with E-state index in [0.717, 1.165) is 17.9 Å². The van der Waals surface area contributed by atoms with Crippen LogP contribution in [0.25, 0.3) is 0 Å². The van der Waals surface area contributed by atoms with Crippen LogP contribution >= 0.6 is 23.1 Å². The highest BCUT2D eigenvalue weighted by Gasteiger charge is 2.09. The van der Waals surface area contributed by atoms with E-state index in [4.69, 9.17) is 10.8 Å². The van der Waals surface area contributed by atoms with Crippen LogP contribution in [0, 0.1) is 0 Å². The van der Waals surface area contributed by atoms with E-state index in [9.17, 15) is 4.79 Å². The van der Waals surface area contributed by atoms with Crippen LogP contribution in [-0.4, -0.2) is 27.9 Å². The highest BCUT2D eigenvalue weighted by atomic mass is 32.2. The van der Waals surface area contributed by atoms with Crippen molar-refractivity contribution in [2.75, 3.05) is 6.54 Å². The number of carboxylic acid groups (broad SMARTS) is 1. The normalized spacial score (nSPS) is 12.7. The van der Waals surface area contributed by atoms with Gasteiger partial charge in [0.2, 0.25) is 5.01 Å². The molecule has 0 saturated heterocycles. The Bertz CT molecular complexity index is 328. The Kier molecular flexibility index (Phi) is 5.07. The lowest BCUT2D eigenvalue weighted by Gasteiger charge is -2.07.